The van der Waals surface area contributed by atoms with E-state index in [1.165, 1.54) is 4.31 Å². The van der Waals surface area contributed by atoms with E-state index in [4.69, 9.17) is 37.4 Å². The molecule has 31 heavy (non-hydrogen) atoms. The second kappa shape index (κ2) is 11.2. The first-order valence-electron chi connectivity index (χ1n) is 9.76. The van der Waals surface area contributed by atoms with Crippen molar-refractivity contribution in [1.82, 2.24) is 4.31 Å². The molecule has 0 amide bonds. The summed E-state index contributed by atoms with van der Waals surface area (Å²) in [6.07, 6.45) is 0.623. The summed E-state index contributed by atoms with van der Waals surface area (Å²) in [6, 6.07) is 11.4. The van der Waals surface area contributed by atoms with E-state index in [0.29, 0.717) is 48.5 Å². The molecule has 0 unspecified atom stereocenters. The Morgan fingerprint density at radius 1 is 1.03 bits per heavy atom. The molecule has 10 heteroatoms. The van der Waals surface area contributed by atoms with Gasteiger partial charge >= 0.3 is 5.97 Å². The van der Waals surface area contributed by atoms with E-state index in [0.717, 1.165) is 5.56 Å². The van der Waals surface area contributed by atoms with Crippen LogP contribution in [0, 0.1) is 0 Å². The molecule has 0 atom stereocenters. The molecule has 0 bridgehead atoms. The lowest BCUT2D eigenvalue weighted by Gasteiger charge is -2.26. The van der Waals surface area contributed by atoms with Crippen LogP contribution in [0.4, 0.5) is 0 Å². The predicted molar refractivity (Wildman–Crippen MR) is 117 cm³/mol. The van der Waals surface area contributed by atoms with Crippen LogP contribution in [0.3, 0.4) is 0 Å². The van der Waals surface area contributed by atoms with Crippen molar-refractivity contribution in [2.45, 2.75) is 17.7 Å². The van der Waals surface area contributed by atoms with E-state index < -0.39 is 10.0 Å². The van der Waals surface area contributed by atoms with Gasteiger partial charge in [0.05, 0.1) is 23.1 Å². The molecule has 0 spiro atoms. The molecule has 0 aliphatic carbocycles. The van der Waals surface area contributed by atoms with Crippen molar-refractivity contribution >= 4 is 39.2 Å². The van der Waals surface area contributed by atoms with E-state index in [1.807, 2.05) is 0 Å². The Morgan fingerprint density at radius 3 is 2.42 bits per heavy atom. The summed E-state index contributed by atoms with van der Waals surface area (Å²) in [6.45, 7) is 1.76. The zero-order valence-electron chi connectivity index (χ0n) is 16.8. The largest absolute Gasteiger partial charge is 0.488 e. The zero-order valence-corrected chi connectivity index (χ0v) is 19.1. The Morgan fingerprint density at radius 2 is 1.74 bits per heavy atom. The van der Waals surface area contributed by atoms with Crippen molar-refractivity contribution in [3.8, 4) is 5.75 Å². The fourth-order valence-corrected chi connectivity index (χ4v) is 4.85. The van der Waals surface area contributed by atoms with E-state index in [-0.39, 0.29) is 30.5 Å². The molecule has 0 aromatic heterocycles. The number of ether oxygens (including phenoxy) is 3. The third-order valence-electron chi connectivity index (χ3n) is 4.65. The average Bonchev–Trinajstić information content (AvgIpc) is 2.77. The van der Waals surface area contributed by atoms with Gasteiger partial charge < -0.3 is 14.2 Å². The minimum absolute atomic E-state index is 0.0918. The number of morpholine rings is 1. The number of nitrogens with zero attached hydrogens (tertiary/aromatic N) is 1. The van der Waals surface area contributed by atoms with Gasteiger partial charge in [0.1, 0.15) is 19.0 Å². The molecule has 1 aliphatic rings. The molecule has 2 aromatic carbocycles. The summed E-state index contributed by atoms with van der Waals surface area (Å²) in [4.78, 5) is 12.2. The summed E-state index contributed by atoms with van der Waals surface area (Å²) >= 11 is 11.8. The van der Waals surface area contributed by atoms with Crippen LogP contribution in [0.25, 0.3) is 0 Å². The Balaban J connectivity index is 1.41. The van der Waals surface area contributed by atoms with Crippen molar-refractivity contribution < 1.29 is 27.4 Å². The number of hydrogen-bond donors (Lipinski definition) is 0. The van der Waals surface area contributed by atoms with Gasteiger partial charge in [0, 0.05) is 24.5 Å². The smallest absolute Gasteiger partial charge is 0.306 e. The minimum atomic E-state index is -3.52. The zero-order chi connectivity index (χ0) is 22.3. The van der Waals surface area contributed by atoms with Gasteiger partial charge in [-0.2, -0.15) is 4.31 Å². The molecule has 1 aliphatic heterocycles. The molecule has 0 radical (unpaired) electrons. The number of halogens is 2. The fraction of sp³-hybridized carbons (Fsp3) is 0.381. The standard InChI is InChI=1S/C21H23Cl2NO6S/c22-17-4-7-20(19(23)15-17)29-13-14-30-21(25)8-3-16-1-5-18(6-2-16)31(26,27)24-9-11-28-12-10-24/h1-2,4-7,15H,3,8-14H2. The van der Waals surface area contributed by atoms with Crippen LogP contribution in [0.5, 0.6) is 5.75 Å². The topological polar surface area (TPSA) is 82.1 Å². The van der Waals surface area contributed by atoms with E-state index >= 15 is 0 Å². The number of sulfonamides is 1. The van der Waals surface area contributed by atoms with Crippen molar-refractivity contribution in [2.24, 2.45) is 0 Å². The molecule has 1 fully saturated rings. The minimum Gasteiger partial charge on any atom is -0.488 e. The van der Waals surface area contributed by atoms with Crippen LogP contribution in [0.1, 0.15) is 12.0 Å². The SMILES string of the molecule is O=C(CCc1ccc(S(=O)(=O)N2CCOCC2)cc1)OCCOc1ccc(Cl)cc1Cl. The quantitative estimate of drug-likeness (QED) is 0.397. The number of carbonyl (C=O) groups is 1. The molecule has 1 heterocycles. The van der Waals surface area contributed by atoms with E-state index in [2.05, 4.69) is 0 Å². The first-order valence-corrected chi connectivity index (χ1v) is 12.0. The Labute approximate surface area is 191 Å². The van der Waals surface area contributed by atoms with Gasteiger partial charge in [0.15, 0.2) is 0 Å². The molecular weight excluding hydrogens is 465 g/mol. The van der Waals surface area contributed by atoms with Gasteiger partial charge in [-0.15, -0.1) is 0 Å². The fourth-order valence-electron chi connectivity index (χ4n) is 2.98. The van der Waals surface area contributed by atoms with Crippen molar-refractivity contribution in [2.75, 3.05) is 39.5 Å². The van der Waals surface area contributed by atoms with Crippen molar-refractivity contribution in [1.29, 1.82) is 0 Å². The third kappa shape index (κ3) is 6.82. The average molecular weight is 488 g/mol. The van der Waals surface area contributed by atoms with E-state index in [9.17, 15) is 13.2 Å². The number of hydrogen-bond acceptors (Lipinski definition) is 6. The van der Waals surface area contributed by atoms with Crippen LogP contribution in [0.2, 0.25) is 10.0 Å². The number of rotatable bonds is 9. The summed E-state index contributed by atoms with van der Waals surface area (Å²) in [7, 11) is -3.52. The summed E-state index contributed by atoms with van der Waals surface area (Å²) in [5.74, 6) is 0.102. The van der Waals surface area contributed by atoms with Crippen molar-refractivity contribution in [3.63, 3.8) is 0 Å². The van der Waals surface area contributed by atoms with Crippen LogP contribution in [0.15, 0.2) is 47.4 Å². The van der Waals surface area contributed by atoms with Gasteiger partial charge in [-0.1, -0.05) is 35.3 Å². The van der Waals surface area contributed by atoms with Crippen molar-refractivity contribution in [3.05, 3.63) is 58.1 Å². The first-order chi connectivity index (χ1) is 14.9. The Hall–Kier alpha value is -1.84. The molecule has 168 valence electrons. The Kier molecular flexibility index (Phi) is 8.57. The highest BCUT2D eigenvalue weighted by atomic mass is 35.5. The number of carbonyl (C=O) groups excluding carboxylic acids is 1. The highest BCUT2D eigenvalue weighted by molar-refractivity contribution is 7.89. The number of aryl methyl sites for hydroxylation is 1. The summed E-state index contributed by atoms with van der Waals surface area (Å²) in [5.41, 5.74) is 0.849. The highest BCUT2D eigenvalue weighted by Gasteiger charge is 2.26. The maximum atomic E-state index is 12.6. The molecule has 3 rings (SSSR count). The maximum absolute atomic E-state index is 12.6. The first kappa shape index (κ1) is 23.8. The number of benzene rings is 2. The van der Waals surface area contributed by atoms with Crippen LogP contribution in [-0.2, 0) is 30.7 Å². The van der Waals surface area contributed by atoms with Gasteiger partial charge in [-0.25, -0.2) is 8.42 Å². The predicted octanol–water partition coefficient (Wildman–Crippen LogP) is 3.57. The number of esters is 1. The van der Waals surface area contributed by atoms with E-state index in [1.54, 1.807) is 42.5 Å². The van der Waals surface area contributed by atoms with Crippen LogP contribution < -0.4 is 4.74 Å². The summed E-state index contributed by atoms with van der Waals surface area (Å²) in [5, 5.41) is 0.897. The lowest BCUT2D eigenvalue weighted by atomic mass is 10.1. The molecule has 0 saturated carbocycles. The second-order valence-electron chi connectivity index (χ2n) is 6.80. The lowest BCUT2D eigenvalue weighted by Crippen LogP contribution is -2.40. The third-order valence-corrected chi connectivity index (χ3v) is 7.09. The van der Waals surface area contributed by atoms with Crippen LogP contribution >= 0.6 is 23.2 Å². The molecular formula is C21H23Cl2NO6S. The molecule has 2 aromatic rings. The molecule has 1 saturated heterocycles. The normalized spacial score (nSPS) is 14.9. The maximum Gasteiger partial charge on any atom is 0.306 e. The highest BCUT2D eigenvalue weighted by Crippen LogP contribution is 2.27. The molecule has 0 N–H and O–H groups in total. The monoisotopic (exact) mass is 487 g/mol. The van der Waals surface area contributed by atoms with Gasteiger partial charge in [0.25, 0.3) is 0 Å². The summed E-state index contributed by atoms with van der Waals surface area (Å²) < 4.78 is 42.5. The van der Waals surface area contributed by atoms with Gasteiger partial charge in [0.2, 0.25) is 10.0 Å². The second-order valence-corrected chi connectivity index (χ2v) is 9.59. The molecule has 7 nitrogen and oxygen atoms in total. The van der Waals surface area contributed by atoms with Crippen LogP contribution in [-0.4, -0.2) is 58.2 Å². The Bertz CT molecular complexity index is 991. The lowest BCUT2D eigenvalue weighted by molar-refractivity contribution is -0.144. The van der Waals surface area contributed by atoms with Gasteiger partial charge in [-0.05, 0) is 42.3 Å². The van der Waals surface area contributed by atoms with Gasteiger partial charge in [-0.3, -0.25) is 4.79 Å².